The monoisotopic (exact) mass is 196 g/mol. The van der Waals surface area contributed by atoms with Gasteiger partial charge in [0.15, 0.2) is 0 Å². The van der Waals surface area contributed by atoms with Gasteiger partial charge in [-0.2, -0.15) is 0 Å². The summed E-state index contributed by atoms with van der Waals surface area (Å²) < 4.78 is 64.8. The molecule has 0 aliphatic rings. The van der Waals surface area contributed by atoms with Crippen LogP contribution in [-0.4, -0.2) is 10.3 Å². The zero-order chi connectivity index (χ0) is 7.71. The molecule has 60 valence electrons. The zero-order valence-corrected chi connectivity index (χ0v) is 4.57. The third-order valence-corrected chi connectivity index (χ3v) is 0.739. The summed E-state index contributed by atoms with van der Waals surface area (Å²) in [5.74, 6) is 0. The Balaban J connectivity index is 3.75. The molecule has 0 rings (SSSR count). The molecule has 7 heteroatoms. The molecule has 0 saturated heterocycles. The maximum absolute atomic E-state index is 10.8. The fourth-order valence-electron chi connectivity index (χ4n) is 0.102. The van der Waals surface area contributed by atoms with Gasteiger partial charge >= 0.3 is 51.1 Å². The van der Waals surface area contributed by atoms with Crippen LogP contribution in [0.5, 0.6) is 0 Å². The molecule has 0 radical (unpaired) electrons. The predicted molar refractivity (Wildman–Crippen MR) is 12.1 cm³/mol. The molecule has 0 atom stereocenters. The molecule has 0 N–H and O–H groups in total. The van der Waals surface area contributed by atoms with E-state index in [1.807, 2.05) is 0 Å². The Hall–Kier alpha value is 0.0735. The predicted octanol–water partition coefficient (Wildman–Crippen LogP) is 2.11. The molecule has 0 spiro atoms. The van der Waals surface area contributed by atoms with Gasteiger partial charge in [0, 0.05) is 0 Å². The molecule has 0 nitrogen and oxygen atoms in total. The van der Waals surface area contributed by atoms with E-state index >= 15 is 0 Å². The van der Waals surface area contributed by atoms with Crippen LogP contribution in [0.15, 0.2) is 0 Å². The van der Waals surface area contributed by atoms with Gasteiger partial charge in [0.25, 0.3) is 0 Å². The fraction of sp³-hybridized carbons (Fsp3) is 1.00. The molecule has 0 bridgehead atoms. The SMILES string of the molecule is F[C](F)(F)[Ni][C](F)(F)F. The van der Waals surface area contributed by atoms with Crippen molar-refractivity contribution in [3.63, 3.8) is 0 Å². The van der Waals surface area contributed by atoms with Crippen LogP contribution in [0, 0.1) is 0 Å². The van der Waals surface area contributed by atoms with E-state index in [-0.39, 0.29) is 0 Å². The van der Waals surface area contributed by atoms with Gasteiger partial charge in [-0.15, -0.1) is 0 Å². The van der Waals surface area contributed by atoms with Gasteiger partial charge in [0.05, 0.1) is 0 Å². The Bertz CT molecular complexity index is 76.2. The number of hydrogen-bond acceptors (Lipinski definition) is 0. The summed E-state index contributed by atoms with van der Waals surface area (Å²) in [6.45, 7) is 0. The minimum atomic E-state index is -5.20. The van der Waals surface area contributed by atoms with Crippen LogP contribution < -0.4 is 0 Å². The Morgan fingerprint density at radius 1 is 0.667 bits per heavy atom. The van der Waals surface area contributed by atoms with Crippen molar-refractivity contribution < 1.29 is 40.8 Å². The zero-order valence-electron chi connectivity index (χ0n) is 3.58. The number of halogens is 6. The van der Waals surface area contributed by atoms with Crippen molar-refractivity contribution in [2.75, 3.05) is 0 Å². The van der Waals surface area contributed by atoms with Crippen molar-refractivity contribution in [2.45, 2.75) is 10.3 Å². The van der Waals surface area contributed by atoms with Crippen LogP contribution in [0.2, 0.25) is 0 Å². The summed E-state index contributed by atoms with van der Waals surface area (Å²) >= 11 is -2.17. The van der Waals surface area contributed by atoms with Gasteiger partial charge in [-0.3, -0.25) is 0 Å². The quantitative estimate of drug-likeness (QED) is 0.411. The summed E-state index contributed by atoms with van der Waals surface area (Å²) in [5.41, 5.74) is 0. The van der Waals surface area contributed by atoms with E-state index in [4.69, 9.17) is 0 Å². The Kier molecular flexibility index (Phi) is 2.38. The van der Waals surface area contributed by atoms with Gasteiger partial charge in [-0.1, -0.05) is 0 Å². The third-order valence-electron chi connectivity index (χ3n) is 0.179. The molecule has 0 aromatic rings. The van der Waals surface area contributed by atoms with Crippen LogP contribution >= 0.6 is 0 Å². The molecule has 0 fully saturated rings. The molecule has 0 heterocycles. The second-order valence-electron chi connectivity index (χ2n) is 0.866. The van der Waals surface area contributed by atoms with Gasteiger partial charge in [-0.25, -0.2) is 0 Å². The third kappa shape index (κ3) is 8.07. The summed E-state index contributed by atoms with van der Waals surface area (Å²) in [6.07, 6.45) is 0. The van der Waals surface area contributed by atoms with Crippen LogP contribution in [-0.2, 0) is 14.4 Å². The summed E-state index contributed by atoms with van der Waals surface area (Å²) in [4.78, 5) is 0. The van der Waals surface area contributed by atoms with E-state index in [0.29, 0.717) is 0 Å². The van der Waals surface area contributed by atoms with E-state index < -0.39 is 24.7 Å². The van der Waals surface area contributed by atoms with Crippen molar-refractivity contribution in [1.29, 1.82) is 0 Å². The molecule has 0 saturated carbocycles. The van der Waals surface area contributed by atoms with Gasteiger partial charge in [-0.05, 0) is 0 Å². The van der Waals surface area contributed by atoms with E-state index in [1.165, 1.54) is 0 Å². The van der Waals surface area contributed by atoms with E-state index in [2.05, 4.69) is 0 Å². The average molecular weight is 197 g/mol. The van der Waals surface area contributed by atoms with Crippen molar-refractivity contribution in [3.8, 4) is 0 Å². The first-order chi connectivity index (χ1) is 3.71. The number of rotatable bonds is 0. The maximum atomic E-state index is 10.8. The first kappa shape index (κ1) is 9.07. The summed E-state index contributed by atoms with van der Waals surface area (Å²) in [6, 6.07) is 0. The van der Waals surface area contributed by atoms with Crippen LogP contribution in [0.25, 0.3) is 0 Å². The van der Waals surface area contributed by atoms with Crippen molar-refractivity contribution in [2.24, 2.45) is 0 Å². The van der Waals surface area contributed by atoms with Crippen molar-refractivity contribution in [3.05, 3.63) is 0 Å². The topological polar surface area (TPSA) is 0 Å². The normalized spacial score (nSPS) is 14.4. The molecular formula is C2F6Ni. The standard InChI is InChI=1S/2CF3.Ni/c2*2-1(3)4;. The first-order valence-corrected chi connectivity index (χ1v) is 2.44. The number of hydrogen-bond donors (Lipinski definition) is 0. The molecule has 0 unspecified atom stereocenters. The molecule has 0 aliphatic carbocycles. The van der Waals surface area contributed by atoms with E-state index in [1.54, 1.807) is 0 Å². The van der Waals surface area contributed by atoms with Crippen molar-refractivity contribution in [1.82, 2.24) is 0 Å². The molecule has 0 aromatic heterocycles. The molecule has 0 amide bonds. The number of alkyl halides is 6. The Morgan fingerprint density at radius 2 is 0.889 bits per heavy atom. The van der Waals surface area contributed by atoms with Gasteiger partial charge < -0.3 is 0 Å². The Morgan fingerprint density at radius 3 is 0.889 bits per heavy atom. The summed E-state index contributed by atoms with van der Waals surface area (Å²) in [7, 11) is 0. The van der Waals surface area contributed by atoms with E-state index in [9.17, 15) is 26.3 Å². The van der Waals surface area contributed by atoms with Gasteiger partial charge in [0.2, 0.25) is 0 Å². The van der Waals surface area contributed by atoms with Crippen LogP contribution in [0.4, 0.5) is 26.3 Å². The Labute approximate surface area is 52.0 Å². The summed E-state index contributed by atoms with van der Waals surface area (Å²) in [5, 5.41) is -10.4. The molecule has 0 aromatic carbocycles. The van der Waals surface area contributed by atoms with Crippen LogP contribution in [0.3, 0.4) is 0 Å². The van der Waals surface area contributed by atoms with E-state index in [0.717, 1.165) is 0 Å². The fourth-order valence-corrected chi connectivity index (χ4v) is 0.419. The van der Waals surface area contributed by atoms with Crippen LogP contribution in [0.1, 0.15) is 0 Å². The first-order valence-electron chi connectivity index (χ1n) is 1.45. The second-order valence-corrected chi connectivity index (χ2v) is 2.23. The average Bonchev–Trinajstić information content (AvgIpc) is 1.14. The molecular weight excluding hydrogens is 197 g/mol. The second kappa shape index (κ2) is 2.36. The molecule has 0 aliphatic heterocycles. The van der Waals surface area contributed by atoms with Gasteiger partial charge in [0.1, 0.15) is 0 Å². The van der Waals surface area contributed by atoms with Crippen molar-refractivity contribution >= 4 is 0 Å². The molecule has 9 heavy (non-hydrogen) atoms. The minimum absolute atomic E-state index is 2.17.